The van der Waals surface area contributed by atoms with Crippen molar-refractivity contribution in [2.24, 2.45) is 0 Å². The summed E-state index contributed by atoms with van der Waals surface area (Å²) in [5.41, 5.74) is 0.333. The summed E-state index contributed by atoms with van der Waals surface area (Å²) in [5.74, 6) is -0.271. The summed E-state index contributed by atoms with van der Waals surface area (Å²) in [6, 6.07) is 14.8. The topological polar surface area (TPSA) is 93.2 Å². The average molecular weight is 461 g/mol. The van der Waals surface area contributed by atoms with Crippen LogP contribution in [0.1, 0.15) is 30.1 Å². The number of piperazine rings is 1. The van der Waals surface area contributed by atoms with Gasteiger partial charge < -0.3 is 14.4 Å². The molecule has 0 unspecified atom stereocenters. The molecule has 0 saturated carbocycles. The molecule has 0 bridgehead atoms. The molecule has 1 amide bonds. The maximum Gasteiger partial charge on any atom is 0.338 e. The van der Waals surface area contributed by atoms with Crippen molar-refractivity contribution in [2.45, 2.75) is 24.7 Å². The van der Waals surface area contributed by atoms with Crippen LogP contribution in [0.15, 0.2) is 59.5 Å². The Morgan fingerprint density at radius 3 is 2.22 bits per heavy atom. The van der Waals surface area contributed by atoms with Gasteiger partial charge in [-0.2, -0.15) is 4.31 Å². The van der Waals surface area contributed by atoms with E-state index in [1.54, 1.807) is 54.6 Å². The SMILES string of the molecule is CCCCOc1ccc(C(=O)OCC(=O)N2CCN(S(=O)(=O)c3ccccc3)CC2)cc1. The van der Waals surface area contributed by atoms with E-state index in [4.69, 9.17) is 9.47 Å². The zero-order valence-corrected chi connectivity index (χ0v) is 18.9. The molecule has 0 radical (unpaired) electrons. The Bertz CT molecular complexity index is 1000. The molecule has 2 aromatic rings. The summed E-state index contributed by atoms with van der Waals surface area (Å²) in [7, 11) is -3.58. The van der Waals surface area contributed by atoms with Crippen molar-refractivity contribution in [3.05, 3.63) is 60.2 Å². The Morgan fingerprint density at radius 1 is 0.938 bits per heavy atom. The molecule has 0 atom stereocenters. The maximum atomic E-state index is 12.7. The number of sulfonamides is 1. The maximum absolute atomic E-state index is 12.7. The number of rotatable bonds is 9. The first-order valence-electron chi connectivity index (χ1n) is 10.6. The molecule has 1 saturated heterocycles. The van der Waals surface area contributed by atoms with Crippen molar-refractivity contribution in [2.75, 3.05) is 39.4 Å². The number of unbranched alkanes of at least 4 members (excludes halogenated alkanes) is 1. The van der Waals surface area contributed by atoms with Gasteiger partial charge in [0.05, 0.1) is 17.1 Å². The van der Waals surface area contributed by atoms with Gasteiger partial charge in [0, 0.05) is 26.2 Å². The monoisotopic (exact) mass is 460 g/mol. The van der Waals surface area contributed by atoms with Crippen LogP contribution in [0.2, 0.25) is 0 Å². The third kappa shape index (κ3) is 6.08. The van der Waals surface area contributed by atoms with E-state index in [1.165, 1.54) is 9.21 Å². The van der Waals surface area contributed by atoms with Crippen LogP contribution in [-0.2, 0) is 19.6 Å². The summed E-state index contributed by atoms with van der Waals surface area (Å²) in [5, 5.41) is 0. The van der Waals surface area contributed by atoms with Crippen LogP contribution in [0.5, 0.6) is 5.75 Å². The highest BCUT2D eigenvalue weighted by molar-refractivity contribution is 7.89. The highest BCUT2D eigenvalue weighted by Crippen LogP contribution is 2.17. The minimum Gasteiger partial charge on any atom is -0.494 e. The van der Waals surface area contributed by atoms with Gasteiger partial charge in [0.2, 0.25) is 10.0 Å². The Labute approximate surface area is 188 Å². The molecule has 1 aliphatic rings. The van der Waals surface area contributed by atoms with Gasteiger partial charge in [-0.15, -0.1) is 0 Å². The highest BCUT2D eigenvalue weighted by atomic mass is 32.2. The van der Waals surface area contributed by atoms with E-state index < -0.39 is 16.0 Å². The van der Waals surface area contributed by atoms with Gasteiger partial charge in [-0.25, -0.2) is 13.2 Å². The molecule has 1 fully saturated rings. The van der Waals surface area contributed by atoms with Crippen LogP contribution in [-0.4, -0.2) is 68.9 Å². The highest BCUT2D eigenvalue weighted by Gasteiger charge is 2.30. The fourth-order valence-corrected chi connectivity index (χ4v) is 4.69. The quantitative estimate of drug-likeness (QED) is 0.422. The van der Waals surface area contributed by atoms with E-state index in [0.717, 1.165) is 12.8 Å². The van der Waals surface area contributed by atoms with Gasteiger partial charge in [-0.05, 0) is 42.8 Å². The van der Waals surface area contributed by atoms with Crippen LogP contribution in [0, 0.1) is 0 Å². The molecule has 0 aromatic heterocycles. The van der Waals surface area contributed by atoms with Gasteiger partial charge in [0.25, 0.3) is 5.91 Å². The second-order valence-corrected chi connectivity index (χ2v) is 9.34. The number of amides is 1. The number of esters is 1. The van der Waals surface area contributed by atoms with Crippen LogP contribution in [0.3, 0.4) is 0 Å². The molecule has 0 spiro atoms. The van der Waals surface area contributed by atoms with Crippen LogP contribution in [0.25, 0.3) is 0 Å². The zero-order chi connectivity index (χ0) is 23.0. The minimum absolute atomic E-state index is 0.191. The first-order valence-corrected chi connectivity index (χ1v) is 12.1. The van der Waals surface area contributed by atoms with Gasteiger partial charge in [-0.1, -0.05) is 31.5 Å². The standard InChI is InChI=1S/C23H28N2O6S/c1-2-3-17-30-20-11-9-19(10-12-20)23(27)31-18-22(26)24-13-15-25(16-14-24)32(28,29)21-7-5-4-6-8-21/h4-12H,2-3,13-18H2,1H3. The minimum atomic E-state index is -3.58. The van der Waals surface area contributed by atoms with Gasteiger partial charge in [-0.3, -0.25) is 4.79 Å². The number of carbonyl (C=O) groups excluding carboxylic acids is 2. The predicted octanol–water partition coefficient (Wildman–Crippen LogP) is 2.56. The Kier molecular flexibility index (Phi) is 8.24. The molecule has 3 rings (SSSR count). The molecule has 32 heavy (non-hydrogen) atoms. The van der Waals surface area contributed by atoms with Crippen LogP contribution < -0.4 is 4.74 Å². The lowest BCUT2D eigenvalue weighted by Crippen LogP contribution is -2.51. The molecule has 9 heteroatoms. The van der Waals surface area contributed by atoms with Gasteiger partial charge >= 0.3 is 5.97 Å². The Hall–Kier alpha value is -2.91. The number of benzene rings is 2. The molecule has 8 nitrogen and oxygen atoms in total. The summed E-state index contributed by atoms with van der Waals surface area (Å²) in [4.78, 5) is 26.4. The second-order valence-electron chi connectivity index (χ2n) is 7.40. The molecule has 1 aliphatic heterocycles. The van der Waals surface area contributed by atoms with Crippen molar-refractivity contribution in [3.8, 4) is 5.75 Å². The van der Waals surface area contributed by atoms with Crippen molar-refractivity contribution in [1.29, 1.82) is 0 Å². The van der Waals surface area contributed by atoms with Gasteiger partial charge in [0.15, 0.2) is 6.61 Å². The predicted molar refractivity (Wildman–Crippen MR) is 119 cm³/mol. The summed E-state index contributed by atoms with van der Waals surface area (Å²) >= 11 is 0. The van der Waals surface area contributed by atoms with Crippen LogP contribution in [0.4, 0.5) is 0 Å². The first-order chi connectivity index (χ1) is 15.4. The molecule has 0 aliphatic carbocycles. The number of ether oxygens (including phenoxy) is 2. The number of carbonyl (C=O) groups is 2. The lowest BCUT2D eigenvalue weighted by Gasteiger charge is -2.33. The first kappa shape index (κ1) is 23.7. The van der Waals surface area contributed by atoms with Gasteiger partial charge in [0.1, 0.15) is 5.75 Å². The zero-order valence-electron chi connectivity index (χ0n) is 18.1. The van der Waals surface area contributed by atoms with Crippen molar-refractivity contribution >= 4 is 21.9 Å². The van der Waals surface area contributed by atoms with E-state index in [0.29, 0.717) is 17.9 Å². The largest absolute Gasteiger partial charge is 0.494 e. The number of hydrogen-bond donors (Lipinski definition) is 0. The van der Waals surface area contributed by atoms with Crippen molar-refractivity contribution in [3.63, 3.8) is 0 Å². The van der Waals surface area contributed by atoms with Crippen LogP contribution >= 0.6 is 0 Å². The summed E-state index contributed by atoms with van der Waals surface area (Å²) in [6.07, 6.45) is 1.99. The third-order valence-electron chi connectivity index (χ3n) is 5.16. The number of nitrogens with zero attached hydrogens (tertiary/aromatic N) is 2. The fraction of sp³-hybridized carbons (Fsp3) is 0.391. The summed E-state index contributed by atoms with van der Waals surface area (Å²) < 4.78 is 37.4. The third-order valence-corrected chi connectivity index (χ3v) is 7.07. The Morgan fingerprint density at radius 2 is 1.59 bits per heavy atom. The normalized spacial score (nSPS) is 14.7. The number of hydrogen-bond acceptors (Lipinski definition) is 6. The average Bonchev–Trinajstić information content (AvgIpc) is 2.83. The molecule has 0 N–H and O–H groups in total. The molecule has 172 valence electrons. The molecular formula is C23H28N2O6S. The van der Waals surface area contributed by atoms with Crippen molar-refractivity contribution in [1.82, 2.24) is 9.21 Å². The Balaban J connectivity index is 1.45. The van der Waals surface area contributed by atoms with Crippen molar-refractivity contribution < 1.29 is 27.5 Å². The molecule has 2 aromatic carbocycles. The van der Waals surface area contributed by atoms with E-state index in [9.17, 15) is 18.0 Å². The molecule has 1 heterocycles. The second kappa shape index (κ2) is 11.1. The van der Waals surface area contributed by atoms with E-state index in [2.05, 4.69) is 6.92 Å². The van der Waals surface area contributed by atoms with E-state index in [1.807, 2.05) is 0 Å². The van der Waals surface area contributed by atoms with E-state index in [-0.39, 0.29) is 43.6 Å². The van der Waals surface area contributed by atoms with E-state index >= 15 is 0 Å². The smallest absolute Gasteiger partial charge is 0.338 e. The summed E-state index contributed by atoms with van der Waals surface area (Å²) in [6.45, 7) is 3.18. The molecular weight excluding hydrogens is 432 g/mol. The lowest BCUT2D eigenvalue weighted by atomic mass is 10.2. The fourth-order valence-electron chi connectivity index (χ4n) is 3.24. The lowest BCUT2D eigenvalue weighted by molar-refractivity contribution is -0.135.